The highest BCUT2D eigenvalue weighted by Gasteiger charge is 2.23. The van der Waals surface area contributed by atoms with Gasteiger partial charge in [0.15, 0.2) is 0 Å². The van der Waals surface area contributed by atoms with Gasteiger partial charge in [-0.05, 0) is 42.0 Å². The highest BCUT2D eigenvalue weighted by atomic mass is 16.5. The third-order valence-corrected chi connectivity index (χ3v) is 3.88. The number of nitrogens with one attached hydrogen (secondary N) is 1. The minimum absolute atomic E-state index is 0.0227. The van der Waals surface area contributed by atoms with E-state index in [4.69, 9.17) is 4.74 Å². The largest absolute Gasteiger partial charge is 0.493 e. The number of benzene rings is 1. The Labute approximate surface area is 113 Å². The molecule has 0 fully saturated rings. The zero-order valence-electron chi connectivity index (χ0n) is 11.3. The number of allylic oxidation sites excluding steroid dienone is 1. The summed E-state index contributed by atoms with van der Waals surface area (Å²) in [7, 11) is 0. The molecule has 1 aromatic rings. The van der Waals surface area contributed by atoms with E-state index in [1.165, 1.54) is 28.7 Å². The maximum atomic E-state index is 11.0. The molecule has 1 N–H and O–H groups in total. The van der Waals surface area contributed by atoms with E-state index in [9.17, 15) is 4.79 Å². The van der Waals surface area contributed by atoms with Crippen LogP contribution in [-0.4, -0.2) is 19.1 Å². The fraction of sp³-hybridized carbons (Fsp3) is 0.438. The summed E-state index contributed by atoms with van der Waals surface area (Å²) < 4.78 is 5.66. The molecule has 0 radical (unpaired) electrons. The van der Waals surface area contributed by atoms with Crippen molar-refractivity contribution in [2.45, 2.75) is 32.6 Å². The van der Waals surface area contributed by atoms with Gasteiger partial charge in [0.1, 0.15) is 5.75 Å². The standard InChI is InChI=1S/C16H19NO2/c1-11(18)17-9-7-13-4-2-3-12-5-6-15-14(16(12)13)8-10-19-15/h5-7H,2-4,8-10H2,1H3,(H,17,18)/b13-7-. The van der Waals surface area contributed by atoms with E-state index in [0.717, 1.165) is 31.6 Å². The molecule has 3 heteroatoms. The maximum absolute atomic E-state index is 11.0. The molecule has 0 bridgehead atoms. The van der Waals surface area contributed by atoms with Crippen molar-refractivity contribution in [3.63, 3.8) is 0 Å². The van der Waals surface area contributed by atoms with Crippen molar-refractivity contribution in [2.24, 2.45) is 0 Å². The van der Waals surface area contributed by atoms with Gasteiger partial charge in [-0.25, -0.2) is 0 Å². The first-order valence-corrected chi connectivity index (χ1v) is 6.97. The first-order chi connectivity index (χ1) is 9.25. The molecule has 1 aliphatic heterocycles. The summed E-state index contributed by atoms with van der Waals surface area (Å²) in [6.07, 6.45) is 6.62. The smallest absolute Gasteiger partial charge is 0.217 e. The Morgan fingerprint density at radius 1 is 1.37 bits per heavy atom. The van der Waals surface area contributed by atoms with Crippen molar-refractivity contribution >= 4 is 11.5 Å². The molecule has 0 saturated heterocycles. The molecule has 3 nitrogen and oxygen atoms in total. The van der Waals surface area contributed by atoms with E-state index in [0.29, 0.717) is 6.54 Å². The summed E-state index contributed by atoms with van der Waals surface area (Å²) in [5.74, 6) is 1.07. The number of carbonyl (C=O) groups excluding carboxylic acids is 1. The Balaban J connectivity index is 1.94. The van der Waals surface area contributed by atoms with E-state index < -0.39 is 0 Å². The van der Waals surface area contributed by atoms with Crippen LogP contribution in [0.3, 0.4) is 0 Å². The van der Waals surface area contributed by atoms with Crippen molar-refractivity contribution in [1.82, 2.24) is 5.32 Å². The number of hydrogen-bond acceptors (Lipinski definition) is 2. The number of ether oxygens (including phenoxy) is 1. The molecule has 1 amide bonds. The molecule has 19 heavy (non-hydrogen) atoms. The quantitative estimate of drug-likeness (QED) is 0.884. The van der Waals surface area contributed by atoms with Crippen LogP contribution >= 0.6 is 0 Å². The molecule has 100 valence electrons. The normalized spacial score (nSPS) is 18.7. The lowest BCUT2D eigenvalue weighted by Gasteiger charge is -2.22. The highest BCUT2D eigenvalue weighted by molar-refractivity contribution is 5.76. The summed E-state index contributed by atoms with van der Waals surface area (Å²) in [5, 5.41) is 2.84. The van der Waals surface area contributed by atoms with E-state index in [1.54, 1.807) is 6.92 Å². The lowest BCUT2D eigenvalue weighted by atomic mass is 9.83. The Morgan fingerprint density at radius 3 is 3.11 bits per heavy atom. The molecule has 3 rings (SSSR count). The molecule has 2 aliphatic rings. The van der Waals surface area contributed by atoms with Gasteiger partial charge >= 0.3 is 0 Å². The first-order valence-electron chi connectivity index (χ1n) is 6.97. The van der Waals surface area contributed by atoms with Gasteiger partial charge in [0.2, 0.25) is 5.91 Å². The maximum Gasteiger partial charge on any atom is 0.217 e. The molecule has 0 aromatic heterocycles. The second-order valence-electron chi connectivity index (χ2n) is 5.19. The number of fused-ring (bicyclic) bond motifs is 3. The Morgan fingerprint density at radius 2 is 2.26 bits per heavy atom. The number of amides is 1. The Bertz CT molecular complexity index is 546. The van der Waals surface area contributed by atoms with Crippen LogP contribution in [0.2, 0.25) is 0 Å². The van der Waals surface area contributed by atoms with Crippen LogP contribution in [0.15, 0.2) is 18.2 Å². The molecular weight excluding hydrogens is 238 g/mol. The van der Waals surface area contributed by atoms with E-state index in [-0.39, 0.29) is 5.91 Å². The Hall–Kier alpha value is -1.77. The van der Waals surface area contributed by atoms with Crippen molar-refractivity contribution in [2.75, 3.05) is 13.2 Å². The van der Waals surface area contributed by atoms with Crippen molar-refractivity contribution in [1.29, 1.82) is 0 Å². The molecule has 0 spiro atoms. The zero-order valence-corrected chi connectivity index (χ0v) is 11.3. The highest BCUT2D eigenvalue weighted by Crippen LogP contribution is 2.39. The molecule has 1 aliphatic carbocycles. The van der Waals surface area contributed by atoms with Crippen LogP contribution in [0, 0.1) is 0 Å². The third kappa shape index (κ3) is 2.37. The molecule has 0 atom stereocenters. The number of carbonyl (C=O) groups is 1. The second-order valence-corrected chi connectivity index (χ2v) is 5.19. The van der Waals surface area contributed by atoms with Gasteiger partial charge in [0, 0.05) is 25.5 Å². The molecule has 0 unspecified atom stereocenters. The minimum Gasteiger partial charge on any atom is -0.493 e. The molecule has 0 saturated carbocycles. The van der Waals surface area contributed by atoms with Crippen molar-refractivity contribution < 1.29 is 9.53 Å². The summed E-state index contributed by atoms with van der Waals surface area (Å²) in [6, 6.07) is 4.31. The van der Waals surface area contributed by atoms with E-state index in [2.05, 4.69) is 23.5 Å². The lowest BCUT2D eigenvalue weighted by Crippen LogP contribution is -2.20. The number of hydrogen-bond donors (Lipinski definition) is 1. The fourth-order valence-corrected chi connectivity index (χ4v) is 3.05. The summed E-state index contributed by atoms with van der Waals surface area (Å²) in [4.78, 5) is 11.0. The van der Waals surface area contributed by atoms with Crippen molar-refractivity contribution in [3.8, 4) is 5.75 Å². The number of rotatable bonds is 2. The Kier molecular flexibility index (Phi) is 3.28. The predicted octanol–water partition coefficient (Wildman–Crippen LogP) is 2.48. The second kappa shape index (κ2) is 5.08. The van der Waals surface area contributed by atoms with Crippen LogP contribution in [0.4, 0.5) is 0 Å². The zero-order chi connectivity index (χ0) is 13.2. The van der Waals surface area contributed by atoms with E-state index in [1.807, 2.05) is 0 Å². The summed E-state index contributed by atoms with van der Waals surface area (Å²) >= 11 is 0. The third-order valence-electron chi connectivity index (χ3n) is 3.88. The molecular formula is C16H19NO2. The van der Waals surface area contributed by atoms with Gasteiger partial charge in [-0.1, -0.05) is 12.1 Å². The average Bonchev–Trinajstić information content (AvgIpc) is 2.86. The van der Waals surface area contributed by atoms with Gasteiger partial charge in [0.25, 0.3) is 0 Å². The number of aryl methyl sites for hydroxylation is 1. The van der Waals surface area contributed by atoms with Gasteiger partial charge in [-0.15, -0.1) is 0 Å². The topological polar surface area (TPSA) is 38.3 Å². The predicted molar refractivity (Wildman–Crippen MR) is 75.2 cm³/mol. The summed E-state index contributed by atoms with van der Waals surface area (Å²) in [5.41, 5.74) is 5.57. The minimum atomic E-state index is 0.0227. The monoisotopic (exact) mass is 257 g/mol. The van der Waals surface area contributed by atoms with Crippen molar-refractivity contribution in [3.05, 3.63) is 34.9 Å². The van der Waals surface area contributed by atoms with Crippen LogP contribution in [0.5, 0.6) is 5.75 Å². The van der Waals surface area contributed by atoms with Gasteiger partial charge in [0.05, 0.1) is 6.61 Å². The van der Waals surface area contributed by atoms with Gasteiger partial charge in [-0.3, -0.25) is 4.79 Å². The van der Waals surface area contributed by atoms with Crippen LogP contribution in [-0.2, 0) is 17.6 Å². The van der Waals surface area contributed by atoms with Crippen LogP contribution in [0.25, 0.3) is 5.57 Å². The first kappa shape index (κ1) is 12.3. The average molecular weight is 257 g/mol. The molecule has 1 aromatic carbocycles. The SMILES string of the molecule is CC(=O)NC/C=C1/CCCc2ccc3c(c21)CCO3. The van der Waals surface area contributed by atoms with Crippen LogP contribution in [0.1, 0.15) is 36.5 Å². The lowest BCUT2D eigenvalue weighted by molar-refractivity contribution is -0.118. The van der Waals surface area contributed by atoms with Gasteiger partial charge in [-0.2, -0.15) is 0 Å². The summed E-state index contributed by atoms with van der Waals surface area (Å²) in [6.45, 7) is 2.97. The molecule has 1 heterocycles. The van der Waals surface area contributed by atoms with Crippen LogP contribution < -0.4 is 10.1 Å². The van der Waals surface area contributed by atoms with Gasteiger partial charge < -0.3 is 10.1 Å². The van der Waals surface area contributed by atoms with E-state index >= 15 is 0 Å². The fourth-order valence-electron chi connectivity index (χ4n) is 3.05.